The number of urea groups is 1. The second-order valence-electron chi connectivity index (χ2n) is 5.00. The molecule has 0 fully saturated rings. The van der Waals surface area contributed by atoms with Crippen molar-refractivity contribution in [2.45, 2.75) is 13.0 Å². The summed E-state index contributed by atoms with van der Waals surface area (Å²) in [5.41, 5.74) is 1.04. The van der Waals surface area contributed by atoms with Gasteiger partial charge in [0.25, 0.3) is 0 Å². The molecule has 3 rings (SSSR count). The van der Waals surface area contributed by atoms with Gasteiger partial charge in [0.2, 0.25) is 5.13 Å². The van der Waals surface area contributed by atoms with Gasteiger partial charge in [-0.15, -0.1) is 10.2 Å². The highest BCUT2D eigenvalue weighted by Gasteiger charge is 2.14. The molecule has 2 heterocycles. The molecule has 0 spiro atoms. The van der Waals surface area contributed by atoms with Crippen molar-refractivity contribution in [2.75, 3.05) is 5.32 Å². The van der Waals surface area contributed by atoms with E-state index in [4.69, 9.17) is 0 Å². The number of rotatable bonds is 4. The number of aryl methyl sites for hydroxylation is 1. The predicted octanol–water partition coefficient (Wildman–Crippen LogP) is 2.82. The number of nitrogens with zero attached hydrogens (tertiary/aromatic N) is 4. The van der Waals surface area contributed by atoms with Gasteiger partial charge in [-0.25, -0.2) is 9.78 Å². The second-order valence-corrected chi connectivity index (χ2v) is 5.98. The highest BCUT2D eigenvalue weighted by Crippen LogP contribution is 2.24. The Morgan fingerprint density at radius 2 is 2.04 bits per heavy atom. The molecule has 2 amide bonds. The number of benzene rings is 1. The number of hydrogen-bond acceptors (Lipinski definition) is 5. The molecule has 0 aliphatic carbocycles. The lowest BCUT2D eigenvalue weighted by molar-refractivity contribution is 0.249. The van der Waals surface area contributed by atoms with Crippen LogP contribution in [-0.4, -0.2) is 25.8 Å². The lowest BCUT2D eigenvalue weighted by atomic mass is 10.1. The fourth-order valence-corrected chi connectivity index (χ4v) is 2.87. The van der Waals surface area contributed by atoms with Crippen molar-refractivity contribution in [1.29, 1.82) is 0 Å². The molecule has 7 nitrogen and oxygen atoms in total. The Balaban J connectivity index is 1.63. The molecular weight excluding hydrogens is 312 g/mol. The van der Waals surface area contributed by atoms with Crippen molar-refractivity contribution < 1.29 is 4.79 Å². The Morgan fingerprint density at radius 3 is 2.74 bits per heavy atom. The molecule has 0 unspecified atom stereocenters. The summed E-state index contributed by atoms with van der Waals surface area (Å²) >= 11 is 1.28. The van der Waals surface area contributed by atoms with Gasteiger partial charge in [0.15, 0.2) is 10.8 Å². The molecule has 0 aliphatic rings. The number of anilines is 1. The average Bonchev–Trinajstić information content (AvgIpc) is 3.16. The summed E-state index contributed by atoms with van der Waals surface area (Å²) in [4.78, 5) is 16.3. The summed E-state index contributed by atoms with van der Waals surface area (Å²) in [6, 6.07) is 9.34. The van der Waals surface area contributed by atoms with Crippen molar-refractivity contribution in [3.05, 3.63) is 48.3 Å². The van der Waals surface area contributed by atoms with Crippen LogP contribution in [0.3, 0.4) is 0 Å². The summed E-state index contributed by atoms with van der Waals surface area (Å²) in [6.45, 7) is 1.92. The minimum Gasteiger partial charge on any atom is -0.332 e. The van der Waals surface area contributed by atoms with E-state index in [1.165, 1.54) is 11.3 Å². The maximum Gasteiger partial charge on any atom is 0.321 e. The molecule has 0 aliphatic heterocycles. The number of carbonyl (C=O) groups is 1. The van der Waals surface area contributed by atoms with Crippen molar-refractivity contribution in [3.63, 3.8) is 0 Å². The zero-order chi connectivity index (χ0) is 16.2. The van der Waals surface area contributed by atoms with Crippen molar-refractivity contribution in [2.24, 2.45) is 7.05 Å². The van der Waals surface area contributed by atoms with Gasteiger partial charge in [0.05, 0.1) is 6.04 Å². The van der Waals surface area contributed by atoms with Crippen LogP contribution in [0.25, 0.3) is 10.8 Å². The van der Waals surface area contributed by atoms with Gasteiger partial charge in [0.1, 0.15) is 0 Å². The Labute approximate surface area is 137 Å². The maximum absolute atomic E-state index is 12.1. The average molecular weight is 328 g/mol. The van der Waals surface area contributed by atoms with Gasteiger partial charge in [-0.3, -0.25) is 5.32 Å². The topological polar surface area (TPSA) is 84.7 Å². The van der Waals surface area contributed by atoms with Crippen LogP contribution >= 0.6 is 11.3 Å². The van der Waals surface area contributed by atoms with Gasteiger partial charge in [-0.05, 0) is 12.5 Å². The van der Waals surface area contributed by atoms with Crippen LogP contribution in [0.15, 0.2) is 42.7 Å². The first-order chi connectivity index (χ1) is 11.1. The molecule has 1 atom stereocenters. The third kappa shape index (κ3) is 3.54. The molecule has 23 heavy (non-hydrogen) atoms. The molecule has 3 aromatic rings. The minimum absolute atomic E-state index is 0.0990. The minimum atomic E-state index is -0.316. The fraction of sp³-hybridized carbons (Fsp3) is 0.200. The van der Waals surface area contributed by atoms with Crippen molar-refractivity contribution in [1.82, 2.24) is 25.1 Å². The summed E-state index contributed by atoms with van der Waals surface area (Å²) in [5.74, 6) is 0.716. The first-order valence-corrected chi connectivity index (χ1v) is 7.89. The largest absolute Gasteiger partial charge is 0.332 e. The van der Waals surface area contributed by atoms with E-state index in [0.29, 0.717) is 16.0 Å². The molecule has 118 valence electrons. The molecule has 0 saturated carbocycles. The zero-order valence-corrected chi connectivity index (χ0v) is 13.5. The van der Waals surface area contributed by atoms with E-state index in [0.717, 1.165) is 5.56 Å². The number of hydrogen-bond donors (Lipinski definition) is 2. The van der Waals surface area contributed by atoms with Crippen LogP contribution in [0.2, 0.25) is 0 Å². The fourth-order valence-electron chi connectivity index (χ4n) is 2.09. The summed E-state index contributed by atoms with van der Waals surface area (Å²) in [5, 5.41) is 14.7. The summed E-state index contributed by atoms with van der Waals surface area (Å²) in [7, 11) is 1.88. The van der Waals surface area contributed by atoms with Crippen LogP contribution in [0.1, 0.15) is 18.5 Å². The molecule has 0 bridgehead atoms. The molecule has 0 radical (unpaired) electrons. The number of aromatic nitrogens is 4. The zero-order valence-electron chi connectivity index (χ0n) is 12.7. The Morgan fingerprint density at radius 1 is 1.26 bits per heavy atom. The molecule has 0 saturated heterocycles. The maximum atomic E-state index is 12.1. The van der Waals surface area contributed by atoms with E-state index >= 15 is 0 Å². The molecule has 2 aromatic heterocycles. The standard InChI is InChI=1S/C15H16N6OS/c1-10(11-6-4-3-5-7-11)17-14(22)18-15-20-19-13(23-15)12-16-8-9-21(12)2/h3-10H,1-2H3,(H2,17,18,20,22)/t10-/m0/s1. The van der Waals surface area contributed by atoms with E-state index in [9.17, 15) is 4.79 Å². The van der Waals surface area contributed by atoms with E-state index in [1.54, 1.807) is 6.20 Å². The molecule has 1 aromatic carbocycles. The van der Waals surface area contributed by atoms with Crippen molar-refractivity contribution >= 4 is 22.5 Å². The van der Waals surface area contributed by atoms with Gasteiger partial charge in [-0.2, -0.15) is 0 Å². The van der Waals surface area contributed by atoms with Gasteiger partial charge < -0.3 is 9.88 Å². The third-order valence-electron chi connectivity index (χ3n) is 3.31. The smallest absolute Gasteiger partial charge is 0.321 e. The van der Waals surface area contributed by atoms with E-state index in [2.05, 4.69) is 25.8 Å². The summed E-state index contributed by atoms with van der Waals surface area (Å²) in [6.07, 6.45) is 3.52. The highest BCUT2D eigenvalue weighted by atomic mass is 32.1. The van der Waals surface area contributed by atoms with Crippen LogP contribution < -0.4 is 10.6 Å². The Kier molecular flexibility index (Phi) is 4.33. The molecule has 8 heteroatoms. The normalized spacial score (nSPS) is 11.9. The monoisotopic (exact) mass is 328 g/mol. The van der Waals surface area contributed by atoms with E-state index < -0.39 is 0 Å². The van der Waals surface area contributed by atoms with Crippen molar-refractivity contribution in [3.8, 4) is 10.8 Å². The van der Waals surface area contributed by atoms with Gasteiger partial charge in [-0.1, -0.05) is 41.7 Å². The summed E-state index contributed by atoms with van der Waals surface area (Å²) < 4.78 is 1.85. The van der Waals surface area contributed by atoms with Crippen LogP contribution in [0.4, 0.5) is 9.93 Å². The van der Waals surface area contributed by atoms with Crippen LogP contribution in [-0.2, 0) is 7.05 Å². The first-order valence-electron chi connectivity index (χ1n) is 7.07. The third-order valence-corrected chi connectivity index (χ3v) is 4.14. The Bertz CT molecular complexity index is 797. The molecule has 2 N–H and O–H groups in total. The quantitative estimate of drug-likeness (QED) is 0.771. The number of nitrogens with one attached hydrogen (secondary N) is 2. The number of amides is 2. The second kappa shape index (κ2) is 6.57. The SMILES string of the molecule is C[C@H](NC(=O)Nc1nnc(-c2nccn2C)s1)c1ccccc1. The lowest BCUT2D eigenvalue weighted by Crippen LogP contribution is -2.31. The number of imidazole rings is 1. The lowest BCUT2D eigenvalue weighted by Gasteiger charge is -2.13. The van der Waals surface area contributed by atoms with Crippen LogP contribution in [0.5, 0.6) is 0 Å². The van der Waals surface area contributed by atoms with Gasteiger partial charge >= 0.3 is 6.03 Å². The first kappa shape index (κ1) is 15.2. The van der Waals surface area contributed by atoms with E-state index in [-0.39, 0.29) is 12.1 Å². The predicted molar refractivity (Wildman–Crippen MR) is 89.1 cm³/mol. The van der Waals surface area contributed by atoms with Gasteiger partial charge in [0, 0.05) is 19.4 Å². The van der Waals surface area contributed by atoms with E-state index in [1.807, 2.05) is 55.1 Å². The van der Waals surface area contributed by atoms with Crippen LogP contribution in [0, 0.1) is 0 Å². The highest BCUT2D eigenvalue weighted by molar-refractivity contribution is 7.18. The number of carbonyl (C=O) groups excluding carboxylic acids is 1. The Hall–Kier alpha value is -2.74. The molecular formula is C15H16N6OS.